The molecule has 0 bridgehead atoms. The monoisotopic (exact) mass is 480 g/mol. The molecule has 5 rings (SSSR count). The van der Waals surface area contributed by atoms with Crippen molar-refractivity contribution in [2.24, 2.45) is 0 Å². The third-order valence-electron chi connectivity index (χ3n) is 6.03. The van der Waals surface area contributed by atoms with E-state index in [1.54, 1.807) is 6.20 Å². The van der Waals surface area contributed by atoms with Gasteiger partial charge in [-0.15, -0.1) is 0 Å². The number of carbonyl (C=O) groups excluding carboxylic acids is 1. The number of phenolic OH excluding ortho intramolecular Hbond substituents is 1. The van der Waals surface area contributed by atoms with Gasteiger partial charge >= 0.3 is 10.2 Å². The van der Waals surface area contributed by atoms with E-state index in [2.05, 4.69) is 14.7 Å². The maximum absolute atomic E-state index is 15.4. The van der Waals surface area contributed by atoms with E-state index in [1.165, 1.54) is 10.5 Å². The summed E-state index contributed by atoms with van der Waals surface area (Å²) in [5.41, 5.74) is 2.01. The first-order valence-corrected chi connectivity index (χ1v) is 12.1. The van der Waals surface area contributed by atoms with Gasteiger partial charge in [0.2, 0.25) is 5.78 Å². The average molecular weight is 481 g/mol. The molecule has 4 aromatic rings. The third-order valence-corrected chi connectivity index (χ3v) is 7.55. The van der Waals surface area contributed by atoms with Crippen LogP contribution in [0.25, 0.3) is 22.2 Å². The highest BCUT2D eigenvalue weighted by Gasteiger charge is 2.30. The fourth-order valence-corrected chi connectivity index (χ4v) is 5.37. The lowest BCUT2D eigenvalue weighted by Gasteiger charge is -2.29. The van der Waals surface area contributed by atoms with Gasteiger partial charge in [0.25, 0.3) is 0 Å². The van der Waals surface area contributed by atoms with Crippen LogP contribution in [0, 0.1) is 12.7 Å². The number of aromatic hydroxyl groups is 1. The summed E-state index contributed by atoms with van der Waals surface area (Å²) in [7, 11) is -3.95. The molecule has 8 nitrogen and oxygen atoms in total. The van der Waals surface area contributed by atoms with Crippen molar-refractivity contribution in [3.8, 4) is 16.9 Å². The zero-order valence-corrected chi connectivity index (χ0v) is 19.0. The van der Waals surface area contributed by atoms with E-state index in [-0.39, 0.29) is 5.56 Å². The van der Waals surface area contributed by atoms with E-state index >= 15 is 4.39 Å². The molecule has 3 heterocycles. The summed E-state index contributed by atoms with van der Waals surface area (Å²) in [4.78, 5) is 20.8. The number of anilines is 1. The van der Waals surface area contributed by atoms with Gasteiger partial charge in [-0.1, -0.05) is 30.3 Å². The van der Waals surface area contributed by atoms with Crippen LogP contribution in [0.5, 0.6) is 5.75 Å². The molecule has 0 saturated carbocycles. The normalized spacial score (nSPS) is 14.2. The number of ketones is 1. The first-order chi connectivity index (χ1) is 16.3. The molecule has 2 aromatic heterocycles. The van der Waals surface area contributed by atoms with Crippen LogP contribution < -0.4 is 4.72 Å². The minimum Gasteiger partial charge on any atom is -0.507 e. The molecule has 2 aromatic carbocycles. The number of halogens is 1. The number of carbonyl (C=O) groups is 1. The lowest BCUT2D eigenvalue weighted by Crippen LogP contribution is -2.45. The predicted octanol–water partition coefficient (Wildman–Crippen LogP) is 3.98. The summed E-state index contributed by atoms with van der Waals surface area (Å²) in [5, 5.41) is 10.8. The number of fused-ring (bicyclic) bond motifs is 1. The minimum absolute atomic E-state index is 0.120. The Morgan fingerprint density at radius 1 is 1.18 bits per heavy atom. The number of pyridine rings is 1. The van der Waals surface area contributed by atoms with E-state index in [9.17, 15) is 18.3 Å². The fraction of sp³-hybridized carbons (Fsp3) is 0.167. The second kappa shape index (κ2) is 8.23. The molecule has 0 aliphatic carbocycles. The Labute approximate surface area is 195 Å². The number of hydrogen-bond acceptors (Lipinski definition) is 5. The Balaban J connectivity index is 1.59. The second-order valence-corrected chi connectivity index (χ2v) is 9.77. The first-order valence-electron chi connectivity index (χ1n) is 10.6. The molecule has 1 saturated heterocycles. The summed E-state index contributed by atoms with van der Waals surface area (Å²) in [5.74, 6) is -2.52. The molecule has 1 fully saturated rings. The van der Waals surface area contributed by atoms with Gasteiger partial charge < -0.3 is 10.1 Å². The zero-order chi connectivity index (χ0) is 24.0. The maximum atomic E-state index is 15.4. The summed E-state index contributed by atoms with van der Waals surface area (Å²) in [6.07, 6.45) is 3.83. The molecule has 10 heteroatoms. The highest BCUT2D eigenvalue weighted by Crippen LogP contribution is 2.34. The molecular weight excluding hydrogens is 459 g/mol. The number of nitrogens with zero attached hydrogens (tertiary/aromatic N) is 2. The van der Waals surface area contributed by atoms with Gasteiger partial charge in [-0.25, -0.2) is 9.37 Å². The molecular formula is C24H21FN4O4S. The van der Waals surface area contributed by atoms with Crippen LogP contribution in [-0.2, 0) is 10.2 Å². The lowest BCUT2D eigenvalue weighted by molar-refractivity contribution is 0.103. The number of nitrogens with one attached hydrogen (secondary N) is 2. The molecule has 0 atom stereocenters. The highest BCUT2D eigenvalue weighted by molar-refractivity contribution is 7.90. The van der Waals surface area contributed by atoms with Crippen molar-refractivity contribution in [2.45, 2.75) is 13.3 Å². The van der Waals surface area contributed by atoms with Gasteiger partial charge in [-0.2, -0.15) is 12.7 Å². The van der Waals surface area contributed by atoms with Gasteiger partial charge in [-0.05, 0) is 36.6 Å². The fourth-order valence-electron chi connectivity index (χ4n) is 4.07. The Bertz CT molecular complexity index is 1530. The maximum Gasteiger partial charge on any atom is 0.301 e. The van der Waals surface area contributed by atoms with Gasteiger partial charge in [0.15, 0.2) is 5.82 Å². The SMILES string of the molecule is Cc1c(-c2ccccc2)cnc2[nH]cc(C(=O)c3c(O)ccc(NS(=O)(=O)N4CCC4)c3F)c12. The van der Waals surface area contributed by atoms with Crippen molar-refractivity contribution in [1.82, 2.24) is 14.3 Å². The Hall–Kier alpha value is -3.76. The van der Waals surface area contributed by atoms with Crippen molar-refractivity contribution < 1.29 is 22.7 Å². The standard InChI is InChI=1S/C24H21FN4O4S/c1-14-16(15-6-3-2-4-7-15)12-26-24-20(14)17(13-27-24)23(31)21-19(30)9-8-18(22(21)25)28-34(32,33)29-10-5-11-29/h2-4,6-9,12-13,28,30H,5,10-11H2,1H3,(H,26,27). The summed E-state index contributed by atoms with van der Waals surface area (Å²) < 4.78 is 43.5. The molecule has 0 amide bonds. The van der Waals surface area contributed by atoms with Crippen molar-refractivity contribution >= 4 is 32.7 Å². The third kappa shape index (κ3) is 3.61. The molecule has 0 spiro atoms. The van der Waals surface area contributed by atoms with Crippen LogP contribution in [0.15, 0.2) is 54.9 Å². The lowest BCUT2D eigenvalue weighted by atomic mass is 9.95. The second-order valence-electron chi connectivity index (χ2n) is 8.10. The topological polar surface area (TPSA) is 115 Å². The summed E-state index contributed by atoms with van der Waals surface area (Å²) in [6, 6.07) is 11.7. The number of hydrogen-bond donors (Lipinski definition) is 3. The smallest absolute Gasteiger partial charge is 0.301 e. The van der Waals surface area contributed by atoms with Crippen molar-refractivity contribution in [3.63, 3.8) is 0 Å². The van der Waals surface area contributed by atoms with Crippen LogP contribution in [0.1, 0.15) is 27.9 Å². The van der Waals surface area contributed by atoms with E-state index in [4.69, 9.17) is 0 Å². The van der Waals surface area contributed by atoms with Crippen LogP contribution in [0.4, 0.5) is 10.1 Å². The molecule has 174 valence electrons. The van der Waals surface area contributed by atoms with E-state index in [0.717, 1.165) is 35.2 Å². The zero-order valence-electron chi connectivity index (χ0n) is 18.2. The largest absolute Gasteiger partial charge is 0.507 e. The molecule has 1 aliphatic heterocycles. The number of aromatic nitrogens is 2. The van der Waals surface area contributed by atoms with Gasteiger partial charge in [0.05, 0.1) is 11.3 Å². The summed E-state index contributed by atoms with van der Waals surface area (Å²) in [6.45, 7) is 2.52. The molecule has 34 heavy (non-hydrogen) atoms. The molecule has 0 unspecified atom stereocenters. The number of aromatic amines is 1. The van der Waals surface area contributed by atoms with E-state index in [1.807, 2.05) is 37.3 Å². The minimum atomic E-state index is -3.95. The highest BCUT2D eigenvalue weighted by atomic mass is 32.2. The van der Waals surface area contributed by atoms with Crippen molar-refractivity contribution in [1.29, 1.82) is 0 Å². The molecule has 0 radical (unpaired) electrons. The Morgan fingerprint density at radius 2 is 1.91 bits per heavy atom. The van der Waals surface area contributed by atoms with Gasteiger partial charge in [0, 0.05) is 36.4 Å². The van der Waals surface area contributed by atoms with Gasteiger partial charge in [-0.3, -0.25) is 9.52 Å². The van der Waals surface area contributed by atoms with E-state index < -0.39 is 38.8 Å². The number of aryl methyl sites for hydroxylation is 1. The number of phenols is 1. The van der Waals surface area contributed by atoms with E-state index in [0.29, 0.717) is 24.1 Å². The quantitative estimate of drug-likeness (QED) is 0.285. The van der Waals surface area contributed by atoms with Crippen molar-refractivity contribution in [3.05, 3.63) is 77.4 Å². The first kappa shape index (κ1) is 22.1. The van der Waals surface area contributed by atoms with Crippen LogP contribution in [-0.4, -0.2) is 46.7 Å². The molecule has 1 aliphatic rings. The number of H-pyrrole nitrogens is 1. The van der Waals surface area contributed by atoms with Crippen LogP contribution >= 0.6 is 0 Å². The Kier molecular flexibility index (Phi) is 5.34. The van der Waals surface area contributed by atoms with Gasteiger partial charge in [0.1, 0.15) is 17.0 Å². The number of rotatable bonds is 6. The van der Waals surface area contributed by atoms with Crippen LogP contribution in [0.2, 0.25) is 0 Å². The van der Waals surface area contributed by atoms with Crippen molar-refractivity contribution in [2.75, 3.05) is 17.8 Å². The number of benzene rings is 2. The molecule has 3 N–H and O–H groups in total. The Morgan fingerprint density at radius 3 is 2.59 bits per heavy atom. The predicted molar refractivity (Wildman–Crippen MR) is 126 cm³/mol. The summed E-state index contributed by atoms with van der Waals surface area (Å²) >= 11 is 0. The average Bonchev–Trinajstić information content (AvgIpc) is 3.20. The van der Waals surface area contributed by atoms with Crippen LogP contribution in [0.3, 0.4) is 0 Å².